The van der Waals surface area contributed by atoms with Crippen LogP contribution >= 0.6 is 0 Å². The summed E-state index contributed by atoms with van der Waals surface area (Å²) in [5, 5.41) is 9.33. The number of nitrogens with one attached hydrogen (secondary N) is 1. The molecule has 0 saturated carbocycles. The van der Waals surface area contributed by atoms with E-state index in [1.54, 1.807) is 67.7 Å². The van der Waals surface area contributed by atoms with Crippen molar-refractivity contribution in [2.45, 2.75) is 18.0 Å². The maximum absolute atomic E-state index is 12.7. The molecule has 0 radical (unpaired) electrons. The van der Waals surface area contributed by atoms with E-state index in [9.17, 15) is 18.3 Å². The molecule has 0 fully saturated rings. The largest absolute Gasteiger partial charge is 0.497 e. The van der Waals surface area contributed by atoms with Crippen LogP contribution in [0.25, 0.3) is 0 Å². The van der Waals surface area contributed by atoms with Crippen LogP contribution in [0.5, 0.6) is 11.5 Å². The summed E-state index contributed by atoms with van der Waals surface area (Å²) in [4.78, 5) is 13.1. The molecule has 0 aliphatic carbocycles. The van der Waals surface area contributed by atoms with E-state index in [0.717, 1.165) is 11.1 Å². The minimum absolute atomic E-state index is 0.0967. The number of ether oxygens (including phenoxy) is 2. The van der Waals surface area contributed by atoms with Gasteiger partial charge in [0.2, 0.25) is 10.0 Å². The Hall–Kier alpha value is -3.56. The third kappa shape index (κ3) is 6.71. The van der Waals surface area contributed by atoms with Gasteiger partial charge in [0.1, 0.15) is 18.0 Å². The summed E-state index contributed by atoms with van der Waals surface area (Å²) in [6, 6.07) is 20.6. The Labute approximate surface area is 193 Å². The Bertz CT molecular complexity index is 1160. The molecule has 0 aliphatic rings. The van der Waals surface area contributed by atoms with Gasteiger partial charge in [0.15, 0.2) is 0 Å². The number of carboxylic acids is 1. The molecule has 0 aliphatic heterocycles. The molecule has 0 unspecified atom stereocenters. The SMILES string of the molecule is COc1ccc(CNS(=O)(=O)c2ccc(N(CC(=O)O)Cc3ccc(OC)cc3)cc2)cc1. The molecule has 0 heterocycles. The standard InChI is InChI=1S/C24H26N2O6S/c1-31-21-9-3-18(4-10-21)15-25-33(29,30)23-13-7-20(8-14-23)26(17-24(27)28)16-19-5-11-22(32-2)12-6-19/h3-14,25H,15-17H2,1-2H3,(H,27,28). The second-order valence-electron chi connectivity index (χ2n) is 7.26. The average Bonchev–Trinajstić information content (AvgIpc) is 2.83. The number of rotatable bonds is 11. The van der Waals surface area contributed by atoms with Gasteiger partial charge in [-0.15, -0.1) is 0 Å². The number of nitrogens with zero attached hydrogens (tertiary/aromatic N) is 1. The third-order valence-electron chi connectivity index (χ3n) is 5.00. The van der Waals surface area contributed by atoms with Crippen LogP contribution in [0.3, 0.4) is 0 Å². The van der Waals surface area contributed by atoms with Gasteiger partial charge in [-0.2, -0.15) is 0 Å². The lowest BCUT2D eigenvalue weighted by molar-refractivity contribution is -0.135. The van der Waals surface area contributed by atoms with Crippen molar-refractivity contribution >= 4 is 21.7 Å². The molecule has 3 aromatic rings. The predicted molar refractivity (Wildman–Crippen MR) is 125 cm³/mol. The van der Waals surface area contributed by atoms with Crippen molar-refractivity contribution in [2.24, 2.45) is 0 Å². The fraction of sp³-hybridized carbons (Fsp3) is 0.208. The monoisotopic (exact) mass is 470 g/mol. The van der Waals surface area contributed by atoms with E-state index in [1.807, 2.05) is 12.1 Å². The molecule has 3 aromatic carbocycles. The van der Waals surface area contributed by atoms with Gasteiger partial charge in [-0.05, 0) is 59.7 Å². The zero-order chi connectivity index (χ0) is 23.8. The van der Waals surface area contributed by atoms with Gasteiger partial charge in [-0.25, -0.2) is 13.1 Å². The molecule has 0 aromatic heterocycles. The molecular formula is C24H26N2O6S. The van der Waals surface area contributed by atoms with Crippen molar-refractivity contribution in [3.8, 4) is 11.5 Å². The Kier molecular flexibility index (Phi) is 7.92. The van der Waals surface area contributed by atoms with E-state index in [2.05, 4.69) is 4.72 Å². The zero-order valence-corrected chi connectivity index (χ0v) is 19.2. The van der Waals surface area contributed by atoms with Gasteiger partial charge < -0.3 is 19.5 Å². The summed E-state index contributed by atoms with van der Waals surface area (Å²) >= 11 is 0. The second kappa shape index (κ2) is 10.8. The van der Waals surface area contributed by atoms with Crippen LogP contribution < -0.4 is 19.1 Å². The number of benzene rings is 3. The quantitative estimate of drug-likeness (QED) is 0.443. The number of hydrogen-bond donors (Lipinski definition) is 2. The highest BCUT2D eigenvalue weighted by Crippen LogP contribution is 2.22. The van der Waals surface area contributed by atoms with Crippen LogP contribution in [0, 0.1) is 0 Å². The summed E-state index contributed by atoms with van der Waals surface area (Å²) in [5.74, 6) is 0.416. The molecule has 0 amide bonds. The first kappa shape index (κ1) is 24.1. The average molecular weight is 471 g/mol. The number of aliphatic carboxylic acids is 1. The van der Waals surface area contributed by atoms with Gasteiger partial charge in [-0.1, -0.05) is 24.3 Å². The van der Waals surface area contributed by atoms with Crippen LogP contribution in [-0.2, 0) is 27.9 Å². The summed E-state index contributed by atoms with van der Waals surface area (Å²) < 4.78 is 38.2. The highest BCUT2D eigenvalue weighted by molar-refractivity contribution is 7.89. The van der Waals surface area contributed by atoms with Crippen molar-refractivity contribution in [2.75, 3.05) is 25.7 Å². The smallest absolute Gasteiger partial charge is 0.323 e. The minimum Gasteiger partial charge on any atom is -0.497 e. The molecule has 9 heteroatoms. The van der Waals surface area contributed by atoms with Gasteiger partial charge in [0.25, 0.3) is 0 Å². The van der Waals surface area contributed by atoms with Crippen LogP contribution in [0.1, 0.15) is 11.1 Å². The summed E-state index contributed by atoms with van der Waals surface area (Å²) in [6.45, 7) is 0.253. The Morgan fingerprint density at radius 3 is 1.85 bits per heavy atom. The number of hydrogen-bond acceptors (Lipinski definition) is 6. The Morgan fingerprint density at radius 1 is 0.848 bits per heavy atom. The molecule has 0 atom stereocenters. The zero-order valence-electron chi connectivity index (χ0n) is 18.4. The van der Waals surface area contributed by atoms with Crippen molar-refractivity contribution in [1.29, 1.82) is 0 Å². The summed E-state index contributed by atoms with van der Waals surface area (Å²) in [6.07, 6.45) is 0. The normalized spacial score (nSPS) is 11.1. The first-order chi connectivity index (χ1) is 15.8. The lowest BCUT2D eigenvalue weighted by Gasteiger charge is -2.23. The number of carbonyl (C=O) groups is 1. The van der Waals surface area contributed by atoms with E-state index in [1.165, 1.54) is 12.1 Å². The predicted octanol–water partition coefficient (Wildman–Crippen LogP) is 3.27. The van der Waals surface area contributed by atoms with Gasteiger partial charge in [0.05, 0.1) is 19.1 Å². The highest BCUT2D eigenvalue weighted by atomic mass is 32.2. The molecule has 0 saturated heterocycles. The molecule has 174 valence electrons. The van der Waals surface area contributed by atoms with E-state index < -0.39 is 16.0 Å². The minimum atomic E-state index is -3.74. The molecule has 0 spiro atoms. The van der Waals surface area contributed by atoms with Crippen LogP contribution in [0.4, 0.5) is 5.69 Å². The molecular weight excluding hydrogens is 444 g/mol. The van der Waals surface area contributed by atoms with Crippen molar-refractivity contribution in [3.63, 3.8) is 0 Å². The van der Waals surface area contributed by atoms with Crippen LogP contribution in [0.2, 0.25) is 0 Å². The van der Waals surface area contributed by atoms with E-state index >= 15 is 0 Å². The maximum atomic E-state index is 12.7. The third-order valence-corrected chi connectivity index (χ3v) is 6.41. The number of carboxylic acid groups (broad SMARTS) is 1. The number of anilines is 1. The van der Waals surface area contributed by atoms with Gasteiger partial charge >= 0.3 is 5.97 Å². The molecule has 3 rings (SSSR count). The summed E-state index contributed by atoms with van der Waals surface area (Å²) in [7, 11) is -0.594. The van der Waals surface area contributed by atoms with Gasteiger partial charge in [-0.3, -0.25) is 4.79 Å². The van der Waals surface area contributed by atoms with Crippen molar-refractivity contribution in [3.05, 3.63) is 83.9 Å². The topological polar surface area (TPSA) is 105 Å². The summed E-state index contributed by atoms with van der Waals surface area (Å²) in [5.41, 5.74) is 2.29. The number of methoxy groups -OCH3 is 2. The lowest BCUT2D eigenvalue weighted by Crippen LogP contribution is -2.29. The maximum Gasteiger partial charge on any atom is 0.323 e. The molecule has 0 bridgehead atoms. The van der Waals surface area contributed by atoms with Crippen molar-refractivity contribution in [1.82, 2.24) is 4.72 Å². The van der Waals surface area contributed by atoms with E-state index in [4.69, 9.17) is 9.47 Å². The fourth-order valence-electron chi connectivity index (χ4n) is 3.19. The van der Waals surface area contributed by atoms with Gasteiger partial charge in [0, 0.05) is 18.8 Å². The highest BCUT2D eigenvalue weighted by Gasteiger charge is 2.16. The lowest BCUT2D eigenvalue weighted by atomic mass is 10.2. The van der Waals surface area contributed by atoms with Crippen molar-refractivity contribution < 1.29 is 27.8 Å². The second-order valence-corrected chi connectivity index (χ2v) is 9.03. The fourth-order valence-corrected chi connectivity index (χ4v) is 4.21. The first-order valence-electron chi connectivity index (χ1n) is 10.1. The number of sulfonamides is 1. The van der Waals surface area contributed by atoms with E-state index in [-0.39, 0.29) is 18.0 Å². The van der Waals surface area contributed by atoms with E-state index in [0.29, 0.717) is 23.7 Å². The van der Waals surface area contributed by atoms with Crippen LogP contribution in [-0.4, -0.2) is 40.3 Å². The first-order valence-corrected chi connectivity index (χ1v) is 11.6. The Balaban J connectivity index is 1.71. The molecule has 33 heavy (non-hydrogen) atoms. The molecule has 2 N–H and O–H groups in total. The molecule has 8 nitrogen and oxygen atoms in total. The van der Waals surface area contributed by atoms with Crippen LogP contribution in [0.15, 0.2) is 77.7 Å². The Morgan fingerprint density at radius 2 is 1.36 bits per heavy atom.